The molecule has 1 saturated carbocycles. The number of benzene rings is 1. The maximum Gasteiger partial charge on any atom is 0.191 e. The highest BCUT2D eigenvalue weighted by molar-refractivity contribution is 9.10. The van der Waals surface area contributed by atoms with Gasteiger partial charge in [0.05, 0.1) is 12.6 Å². The maximum atomic E-state index is 9.57. The second-order valence-electron chi connectivity index (χ2n) is 5.72. The van der Waals surface area contributed by atoms with E-state index in [4.69, 9.17) is 4.74 Å². The predicted octanol–water partition coefficient (Wildman–Crippen LogP) is 2.69. The Morgan fingerprint density at radius 3 is 2.83 bits per heavy atom. The molecule has 0 bridgehead atoms. The highest BCUT2D eigenvalue weighted by Crippen LogP contribution is 2.18. The molecule has 0 unspecified atom stereocenters. The van der Waals surface area contributed by atoms with E-state index in [1.165, 1.54) is 0 Å². The van der Waals surface area contributed by atoms with Gasteiger partial charge in [-0.2, -0.15) is 0 Å². The van der Waals surface area contributed by atoms with Gasteiger partial charge in [0.2, 0.25) is 0 Å². The second kappa shape index (κ2) is 9.78. The lowest BCUT2D eigenvalue weighted by Gasteiger charge is -2.27. The van der Waals surface area contributed by atoms with E-state index in [1.807, 2.05) is 24.3 Å². The largest absolute Gasteiger partial charge is 0.492 e. The number of nitrogens with one attached hydrogen (secondary N) is 2. The number of aliphatic hydroxyl groups is 1. The fraction of sp³-hybridized carbons (Fsp3) is 0.588. The van der Waals surface area contributed by atoms with Crippen molar-refractivity contribution in [2.45, 2.75) is 44.8 Å². The van der Waals surface area contributed by atoms with Crippen LogP contribution >= 0.6 is 15.9 Å². The van der Waals surface area contributed by atoms with Crippen LogP contribution in [0.1, 0.15) is 32.6 Å². The summed E-state index contributed by atoms with van der Waals surface area (Å²) in [5.74, 6) is 1.67. The number of aliphatic hydroxyl groups excluding tert-OH is 1. The Hall–Kier alpha value is -1.27. The molecule has 1 aromatic carbocycles. The van der Waals surface area contributed by atoms with E-state index in [0.717, 1.165) is 48.4 Å². The Morgan fingerprint density at radius 1 is 1.35 bits per heavy atom. The van der Waals surface area contributed by atoms with Gasteiger partial charge in [-0.1, -0.05) is 22.0 Å². The summed E-state index contributed by atoms with van der Waals surface area (Å²) in [6, 6.07) is 8.19. The number of rotatable bonds is 6. The van der Waals surface area contributed by atoms with Crippen LogP contribution in [0.4, 0.5) is 0 Å². The van der Waals surface area contributed by atoms with Gasteiger partial charge >= 0.3 is 0 Å². The van der Waals surface area contributed by atoms with Crippen molar-refractivity contribution in [3.63, 3.8) is 0 Å². The van der Waals surface area contributed by atoms with E-state index in [1.54, 1.807) is 0 Å². The van der Waals surface area contributed by atoms with Gasteiger partial charge in [-0.15, -0.1) is 0 Å². The summed E-state index contributed by atoms with van der Waals surface area (Å²) in [6.07, 6.45) is 3.57. The van der Waals surface area contributed by atoms with Crippen LogP contribution in [-0.2, 0) is 0 Å². The molecule has 5 nitrogen and oxygen atoms in total. The van der Waals surface area contributed by atoms with Crippen molar-refractivity contribution in [3.8, 4) is 5.75 Å². The maximum absolute atomic E-state index is 9.57. The smallest absolute Gasteiger partial charge is 0.191 e. The van der Waals surface area contributed by atoms with Crippen molar-refractivity contribution < 1.29 is 9.84 Å². The molecule has 1 fully saturated rings. The number of guanidine groups is 1. The molecule has 0 amide bonds. The first-order valence-electron chi connectivity index (χ1n) is 8.28. The molecular weight excluding hydrogens is 358 g/mol. The molecule has 1 aliphatic rings. The topological polar surface area (TPSA) is 65.9 Å². The first-order chi connectivity index (χ1) is 11.2. The van der Waals surface area contributed by atoms with Gasteiger partial charge in [0.15, 0.2) is 5.96 Å². The zero-order valence-corrected chi connectivity index (χ0v) is 15.2. The molecule has 0 atom stereocenters. The van der Waals surface area contributed by atoms with Crippen LogP contribution in [0.3, 0.4) is 0 Å². The number of nitrogens with zero attached hydrogens (tertiary/aromatic N) is 1. The molecule has 1 aliphatic carbocycles. The van der Waals surface area contributed by atoms with Crippen LogP contribution in [0, 0.1) is 0 Å². The molecule has 2 rings (SSSR count). The number of halogens is 1. The Bertz CT molecular complexity index is 502. The SMILES string of the molecule is CCNC(=NCCOc1cccc(Br)c1)NC1CCC(O)CC1. The predicted molar refractivity (Wildman–Crippen MR) is 97.0 cm³/mol. The molecule has 0 aliphatic heterocycles. The third-order valence-electron chi connectivity index (χ3n) is 3.81. The van der Waals surface area contributed by atoms with Gasteiger partial charge in [0, 0.05) is 17.1 Å². The van der Waals surface area contributed by atoms with E-state index >= 15 is 0 Å². The van der Waals surface area contributed by atoms with E-state index in [9.17, 15) is 5.11 Å². The first kappa shape index (κ1) is 18.1. The summed E-state index contributed by atoms with van der Waals surface area (Å²) >= 11 is 3.43. The van der Waals surface area contributed by atoms with Crippen LogP contribution < -0.4 is 15.4 Å². The molecule has 128 valence electrons. The first-order valence-corrected chi connectivity index (χ1v) is 9.08. The van der Waals surface area contributed by atoms with E-state index in [-0.39, 0.29) is 6.10 Å². The normalized spacial score (nSPS) is 21.8. The molecule has 0 heterocycles. The molecule has 0 radical (unpaired) electrons. The van der Waals surface area contributed by atoms with Crippen molar-refractivity contribution in [3.05, 3.63) is 28.7 Å². The molecule has 0 saturated heterocycles. The number of hydrogen-bond acceptors (Lipinski definition) is 3. The summed E-state index contributed by atoms with van der Waals surface area (Å²) in [5, 5.41) is 16.3. The summed E-state index contributed by atoms with van der Waals surface area (Å²) in [7, 11) is 0. The van der Waals surface area contributed by atoms with Crippen molar-refractivity contribution >= 4 is 21.9 Å². The van der Waals surface area contributed by atoms with E-state index in [2.05, 4.69) is 38.5 Å². The summed E-state index contributed by atoms with van der Waals surface area (Å²) < 4.78 is 6.70. The third kappa shape index (κ3) is 6.79. The average Bonchev–Trinajstić information content (AvgIpc) is 2.54. The quantitative estimate of drug-likeness (QED) is 0.401. The molecule has 1 aromatic rings. The Balaban J connectivity index is 1.76. The van der Waals surface area contributed by atoms with Gasteiger partial charge in [0.1, 0.15) is 12.4 Å². The minimum absolute atomic E-state index is 0.133. The lowest BCUT2D eigenvalue weighted by Crippen LogP contribution is -2.45. The standard InChI is InChI=1S/C17H26BrN3O2/c1-2-19-17(21-14-6-8-15(22)9-7-14)20-10-11-23-16-5-3-4-13(18)12-16/h3-5,12,14-15,22H,2,6-11H2,1H3,(H2,19,20,21). The number of hydrogen-bond donors (Lipinski definition) is 3. The average molecular weight is 384 g/mol. The van der Waals surface area contributed by atoms with Gasteiger partial charge in [0.25, 0.3) is 0 Å². The number of aliphatic imine (C=N–C) groups is 1. The highest BCUT2D eigenvalue weighted by atomic mass is 79.9. The zero-order valence-electron chi connectivity index (χ0n) is 13.6. The molecule has 23 heavy (non-hydrogen) atoms. The van der Waals surface area contributed by atoms with Crippen LogP contribution in [0.5, 0.6) is 5.75 Å². The van der Waals surface area contributed by atoms with Crippen molar-refractivity contribution in [2.24, 2.45) is 4.99 Å². The van der Waals surface area contributed by atoms with Gasteiger partial charge in [-0.05, 0) is 50.8 Å². The molecule has 0 spiro atoms. The van der Waals surface area contributed by atoms with Crippen LogP contribution in [0.15, 0.2) is 33.7 Å². The van der Waals surface area contributed by atoms with E-state index in [0.29, 0.717) is 19.2 Å². The van der Waals surface area contributed by atoms with Crippen LogP contribution in [0.25, 0.3) is 0 Å². The van der Waals surface area contributed by atoms with Gasteiger partial charge in [-0.3, -0.25) is 0 Å². The fourth-order valence-electron chi connectivity index (χ4n) is 2.61. The van der Waals surface area contributed by atoms with Crippen molar-refractivity contribution in [1.82, 2.24) is 10.6 Å². The lowest BCUT2D eigenvalue weighted by atomic mass is 9.93. The molecule has 0 aromatic heterocycles. The zero-order chi connectivity index (χ0) is 16.5. The minimum Gasteiger partial charge on any atom is -0.492 e. The van der Waals surface area contributed by atoms with Gasteiger partial charge < -0.3 is 20.5 Å². The van der Waals surface area contributed by atoms with Crippen LogP contribution in [-0.4, -0.2) is 42.9 Å². The Morgan fingerprint density at radius 2 is 2.13 bits per heavy atom. The molecule has 6 heteroatoms. The summed E-state index contributed by atoms with van der Waals surface area (Å²) in [6.45, 7) is 4.01. The monoisotopic (exact) mass is 383 g/mol. The molecular formula is C17H26BrN3O2. The van der Waals surface area contributed by atoms with E-state index < -0.39 is 0 Å². The van der Waals surface area contributed by atoms with Crippen molar-refractivity contribution in [1.29, 1.82) is 0 Å². The molecule has 3 N–H and O–H groups in total. The second-order valence-corrected chi connectivity index (χ2v) is 6.63. The number of ether oxygens (including phenoxy) is 1. The lowest BCUT2D eigenvalue weighted by molar-refractivity contribution is 0.120. The van der Waals surface area contributed by atoms with Gasteiger partial charge in [-0.25, -0.2) is 4.99 Å². The van der Waals surface area contributed by atoms with Crippen molar-refractivity contribution in [2.75, 3.05) is 19.7 Å². The highest BCUT2D eigenvalue weighted by Gasteiger charge is 2.19. The third-order valence-corrected chi connectivity index (χ3v) is 4.30. The Labute approximate surface area is 146 Å². The fourth-order valence-corrected chi connectivity index (χ4v) is 2.99. The Kier molecular flexibility index (Phi) is 7.68. The summed E-state index contributed by atoms with van der Waals surface area (Å²) in [5.41, 5.74) is 0. The van der Waals surface area contributed by atoms with Crippen LogP contribution in [0.2, 0.25) is 0 Å². The minimum atomic E-state index is -0.133. The summed E-state index contributed by atoms with van der Waals surface area (Å²) in [4.78, 5) is 4.56.